The molecular formula is C15H18N2. The molecule has 17 heavy (non-hydrogen) atoms. The number of hydrogen-bond acceptors (Lipinski definition) is 1. The van der Waals surface area contributed by atoms with E-state index in [2.05, 4.69) is 34.6 Å². The lowest BCUT2D eigenvalue weighted by Gasteiger charge is -2.34. The van der Waals surface area contributed by atoms with Gasteiger partial charge in [0.05, 0.1) is 0 Å². The summed E-state index contributed by atoms with van der Waals surface area (Å²) in [6, 6.07) is 8.72. The highest BCUT2D eigenvalue weighted by Gasteiger charge is 2.37. The predicted octanol–water partition coefficient (Wildman–Crippen LogP) is 3.13. The molecule has 1 aromatic heterocycles. The SMILES string of the molecule is c1ccc2c3c([nH]c2c1)CNC1(CCCC1)C3. The molecule has 1 saturated carbocycles. The molecular weight excluding hydrogens is 208 g/mol. The molecule has 0 unspecified atom stereocenters. The fourth-order valence-electron chi connectivity index (χ4n) is 3.69. The van der Waals surface area contributed by atoms with Crippen molar-refractivity contribution in [1.82, 2.24) is 10.3 Å². The van der Waals surface area contributed by atoms with Crippen LogP contribution in [0.15, 0.2) is 24.3 Å². The van der Waals surface area contributed by atoms with Gasteiger partial charge in [-0.25, -0.2) is 0 Å². The maximum absolute atomic E-state index is 3.78. The molecule has 2 heteroatoms. The smallest absolute Gasteiger partial charge is 0.0459 e. The number of nitrogens with one attached hydrogen (secondary N) is 2. The number of fused-ring (bicyclic) bond motifs is 3. The summed E-state index contributed by atoms with van der Waals surface area (Å²) in [5.41, 5.74) is 4.69. The summed E-state index contributed by atoms with van der Waals surface area (Å²) in [7, 11) is 0. The third-order valence-corrected chi connectivity index (χ3v) is 4.62. The van der Waals surface area contributed by atoms with Gasteiger partial charge in [0.1, 0.15) is 0 Å². The molecule has 0 amide bonds. The number of rotatable bonds is 0. The lowest BCUT2D eigenvalue weighted by atomic mass is 9.85. The van der Waals surface area contributed by atoms with E-state index in [0.717, 1.165) is 6.54 Å². The predicted molar refractivity (Wildman–Crippen MR) is 70.0 cm³/mol. The van der Waals surface area contributed by atoms with Crippen LogP contribution in [0.2, 0.25) is 0 Å². The van der Waals surface area contributed by atoms with Crippen LogP contribution in [0.1, 0.15) is 36.9 Å². The maximum atomic E-state index is 3.78. The average Bonchev–Trinajstić information content (AvgIpc) is 2.95. The van der Waals surface area contributed by atoms with Crippen molar-refractivity contribution in [2.24, 2.45) is 0 Å². The van der Waals surface area contributed by atoms with E-state index in [-0.39, 0.29) is 0 Å². The Balaban J connectivity index is 1.85. The third kappa shape index (κ3) is 1.37. The second-order valence-electron chi connectivity index (χ2n) is 5.65. The van der Waals surface area contributed by atoms with Crippen LogP contribution >= 0.6 is 0 Å². The molecule has 1 aromatic carbocycles. The van der Waals surface area contributed by atoms with Crippen molar-refractivity contribution in [3.8, 4) is 0 Å². The van der Waals surface area contributed by atoms with Crippen LogP contribution in [-0.2, 0) is 13.0 Å². The van der Waals surface area contributed by atoms with Gasteiger partial charge >= 0.3 is 0 Å². The van der Waals surface area contributed by atoms with E-state index in [1.54, 1.807) is 5.56 Å². The molecule has 0 atom stereocenters. The molecule has 1 aliphatic heterocycles. The second-order valence-corrected chi connectivity index (χ2v) is 5.65. The zero-order valence-electron chi connectivity index (χ0n) is 10.1. The molecule has 2 heterocycles. The summed E-state index contributed by atoms with van der Waals surface area (Å²) in [6.07, 6.45) is 6.71. The summed E-state index contributed by atoms with van der Waals surface area (Å²) in [4.78, 5) is 3.56. The van der Waals surface area contributed by atoms with Crippen LogP contribution in [0.25, 0.3) is 10.9 Å². The standard InChI is InChI=1S/C15H18N2/c1-2-6-13-11(5-1)12-9-15(7-3-4-8-15)16-10-14(12)17-13/h1-2,5-6,16-17H,3-4,7-10H2. The molecule has 1 fully saturated rings. The van der Waals surface area contributed by atoms with E-state index >= 15 is 0 Å². The Kier molecular flexibility index (Phi) is 1.92. The summed E-state index contributed by atoms with van der Waals surface area (Å²) < 4.78 is 0. The molecule has 0 saturated heterocycles. The Morgan fingerprint density at radius 2 is 1.88 bits per heavy atom. The molecule has 0 bridgehead atoms. The van der Waals surface area contributed by atoms with Crippen molar-refractivity contribution in [3.63, 3.8) is 0 Å². The molecule has 88 valence electrons. The molecule has 1 spiro atoms. The fraction of sp³-hybridized carbons (Fsp3) is 0.467. The number of aromatic amines is 1. The normalized spacial score (nSPS) is 22.1. The van der Waals surface area contributed by atoms with E-state index in [0.29, 0.717) is 5.54 Å². The van der Waals surface area contributed by atoms with Gasteiger partial charge in [-0.3, -0.25) is 0 Å². The highest BCUT2D eigenvalue weighted by atomic mass is 15.0. The Labute approximate surface area is 101 Å². The van der Waals surface area contributed by atoms with Crippen molar-refractivity contribution in [3.05, 3.63) is 35.5 Å². The second kappa shape index (κ2) is 3.36. The van der Waals surface area contributed by atoms with E-state index in [1.165, 1.54) is 48.7 Å². The monoisotopic (exact) mass is 226 g/mol. The third-order valence-electron chi connectivity index (χ3n) is 4.62. The molecule has 1 aliphatic carbocycles. The number of hydrogen-bond donors (Lipinski definition) is 2. The lowest BCUT2D eigenvalue weighted by molar-refractivity contribution is 0.308. The quantitative estimate of drug-likeness (QED) is 0.709. The van der Waals surface area contributed by atoms with Crippen molar-refractivity contribution in [2.45, 2.75) is 44.2 Å². The van der Waals surface area contributed by atoms with Crippen molar-refractivity contribution in [2.75, 3.05) is 0 Å². The van der Waals surface area contributed by atoms with E-state index in [1.807, 2.05) is 0 Å². The maximum Gasteiger partial charge on any atom is 0.0459 e. The minimum atomic E-state index is 0.415. The first-order chi connectivity index (χ1) is 8.36. The highest BCUT2D eigenvalue weighted by Crippen LogP contribution is 2.38. The summed E-state index contributed by atoms with van der Waals surface area (Å²) in [5, 5.41) is 5.22. The summed E-state index contributed by atoms with van der Waals surface area (Å²) in [6.45, 7) is 1.02. The molecule has 2 nitrogen and oxygen atoms in total. The largest absolute Gasteiger partial charge is 0.357 e. The Morgan fingerprint density at radius 1 is 1.06 bits per heavy atom. The minimum Gasteiger partial charge on any atom is -0.357 e. The van der Waals surface area contributed by atoms with Crippen LogP contribution in [0.4, 0.5) is 0 Å². The van der Waals surface area contributed by atoms with E-state index in [4.69, 9.17) is 0 Å². The van der Waals surface area contributed by atoms with E-state index < -0.39 is 0 Å². The topological polar surface area (TPSA) is 27.8 Å². The first-order valence-electron chi connectivity index (χ1n) is 6.70. The van der Waals surface area contributed by atoms with Crippen LogP contribution < -0.4 is 5.32 Å². The Bertz CT molecular complexity index is 561. The molecule has 0 radical (unpaired) electrons. The van der Waals surface area contributed by atoms with Crippen LogP contribution in [0, 0.1) is 0 Å². The first kappa shape index (κ1) is 9.72. The van der Waals surface area contributed by atoms with Gasteiger partial charge in [0, 0.05) is 28.7 Å². The van der Waals surface area contributed by atoms with Gasteiger partial charge < -0.3 is 10.3 Å². The van der Waals surface area contributed by atoms with Gasteiger partial charge in [-0.05, 0) is 30.9 Å². The van der Waals surface area contributed by atoms with Gasteiger partial charge in [-0.15, -0.1) is 0 Å². The Hall–Kier alpha value is -1.28. The van der Waals surface area contributed by atoms with Gasteiger partial charge in [-0.1, -0.05) is 31.0 Å². The van der Waals surface area contributed by atoms with Crippen molar-refractivity contribution < 1.29 is 0 Å². The number of benzene rings is 1. The van der Waals surface area contributed by atoms with Crippen molar-refractivity contribution in [1.29, 1.82) is 0 Å². The number of H-pyrrole nitrogens is 1. The lowest BCUT2D eigenvalue weighted by Crippen LogP contribution is -2.47. The molecule has 2 aromatic rings. The number of para-hydroxylation sites is 1. The van der Waals surface area contributed by atoms with Gasteiger partial charge in [-0.2, -0.15) is 0 Å². The highest BCUT2D eigenvalue weighted by molar-refractivity contribution is 5.85. The average molecular weight is 226 g/mol. The Morgan fingerprint density at radius 3 is 2.76 bits per heavy atom. The van der Waals surface area contributed by atoms with Crippen LogP contribution in [0.3, 0.4) is 0 Å². The number of aromatic nitrogens is 1. The van der Waals surface area contributed by atoms with Crippen LogP contribution in [-0.4, -0.2) is 10.5 Å². The fourth-order valence-corrected chi connectivity index (χ4v) is 3.69. The molecule has 4 rings (SSSR count). The summed E-state index contributed by atoms with van der Waals surface area (Å²) >= 11 is 0. The zero-order valence-corrected chi connectivity index (χ0v) is 10.1. The van der Waals surface area contributed by atoms with Gasteiger partial charge in [0.2, 0.25) is 0 Å². The van der Waals surface area contributed by atoms with E-state index in [9.17, 15) is 0 Å². The van der Waals surface area contributed by atoms with Crippen LogP contribution in [0.5, 0.6) is 0 Å². The zero-order chi connectivity index (χ0) is 11.3. The van der Waals surface area contributed by atoms with Crippen molar-refractivity contribution >= 4 is 10.9 Å². The van der Waals surface area contributed by atoms with Gasteiger partial charge in [0.15, 0.2) is 0 Å². The molecule has 2 N–H and O–H groups in total. The van der Waals surface area contributed by atoms with Gasteiger partial charge in [0.25, 0.3) is 0 Å². The first-order valence-corrected chi connectivity index (χ1v) is 6.70. The molecule has 2 aliphatic rings. The minimum absolute atomic E-state index is 0.415. The summed E-state index contributed by atoms with van der Waals surface area (Å²) in [5.74, 6) is 0.